The molecule has 1 aromatic carbocycles. The average molecular weight is 276 g/mol. The summed E-state index contributed by atoms with van der Waals surface area (Å²) in [4.78, 5) is 2.44. The second-order valence-electron chi connectivity index (χ2n) is 6.18. The van der Waals surface area contributed by atoms with Gasteiger partial charge in [-0.1, -0.05) is 31.2 Å². The lowest BCUT2D eigenvalue weighted by Gasteiger charge is -2.32. The van der Waals surface area contributed by atoms with Gasteiger partial charge in [0.05, 0.1) is 6.61 Å². The minimum absolute atomic E-state index is 0.285. The van der Waals surface area contributed by atoms with Crippen molar-refractivity contribution in [2.45, 2.75) is 26.8 Å². The summed E-state index contributed by atoms with van der Waals surface area (Å²) in [5.41, 5.74) is 3.09. The summed E-state index contributed by atoms with van der Waals surface area (Å²) in [6, 6.07) is 8.66. The first-order valence-electron chi connectivity index (χ1n) is 7.67. The Morgan fingerprint density at radius 1 is 1.35 bits per heavy atom. The summed E-state index contributed by atoms with van der Waals surface area (Å²) in [6.45, 7) is 10.3. The molecule has 3 nitrogen and oxygen atoms in total. The van der Waals surface area contributed by atoms with Crippen molar-refractivity contribution in [1.29, 1.82) is 0 Å². The third-order valence-corrected chi connectivity index (χ3v) is 4.24. The largest absolute Gasteiger partial charge is 0.381 e. The third-order valence-electron chi connectivity index (χ3n) is 4.24. The molecule has 1 heterocycles. The van der Waals surface area contributed by atoms with Crippen LogP contribution in [0.3, 0.4) is 0 Å². The molecule has 0 aromatic heterocycles. The number of benzene rings is 1. The highest BCUT2D eigenvalue weighted by atomic mass is 16.5. The highest BCUT2D eigenvalue weighted by molar-refractivity contribution is 5.25. The molecule has 2 rings (SSSR count). The third kappa shape index (κ3) is 4.05. The molecule has 112 valence electrons. The van der Waals surface area contributed by atoms with Gasteiger partial charge in [-0.2, -0.15) is 0 Å². The molecule has 1 atom stereocenters. The van der Waals surface area contributed by atoms with Crippen molar-refractivity contribution in [3.05, 3.63) is 35.4 Å². The van der Waals surface area contributed by atoms with E-state index in [1.54, 1.807) is 0 Å². The van der Waals surface area contributed by atoms with Crippen LogP contribution in [0.5, 0.6) is 0 Å². The smallest absolute Gasteiger partial charge is 0.0547 e. The summed E-state index contributed by atoms with van der Waals surface area (Å²) in [5.74, 6) is 0. The zero-order chi connectivity index (χ0) is 14.4. The van der Waals surface area contributed by atoms with E-state index in [-0.39, 0.29) is 5.41 Å². The van der Waals surface area contributed by atoms with Gasteiger partial charge in [0.2, 0.25) is 0 Å². The standard InChI is InChI=1S/C17H28N2O/c1-4-18-12-17(9-10-20-14-17)13-19(3)11-16-8-6-5-7-15(16)2/h5-8,18H,4,9-14H2,1-3H3. The van der Waals surface area contributed by atoms with E-state index < -0.39 is 0 Å². The highest BCUT2D eigenvalue weighted by Crippen LogP contribution is 2.29. The normalized spacial score (nSPS) is 22.6. The molecule has 0 bridgehead atoms. The van der Waals surface area contributed by atoms with Crippen LogP contribution in [-0.4, -0.2) is 44.8 Å². The van der Waals surface area contributed by atoms with Gasteiger partial charge >= 0.3 is 0 Å². The van der Waals surface area contributed by atoms with Crippen molar-refractivity contribution in [2.24, 2.45) is 5.41 Å². The molecule has 1 aliphatic rings. The molecule has 0 spiro atoms. The van der Waals surface area contributed by atoms with Crippen molar-refractivity contribution in [3.8, 4) is 0 Å². The maximum atomic E-state index is 5.67. The summed E-state index contributed by atoms with van der Waals surface area (Å²) in [7, 11) is 2.22. The molecule has 0 radical (unpaired) electrons. The number of nitrogens with zero attached hydrogens (tertiary/aromatic N) is 1. The topological polar surface area (TPSA) is 24.5 Å². The first-order valence-corrected chi connectivity index (χ1v) is 7.67. The van der Waals surface area contributed by atoms with Crippen molar-refractivity contribution >= 4 is 0 Å². The first-order chi connectivity index (χ1) is 9.65. The van der Waals surface area contributed by atoms with Crippen molar-refractivity contribution in [1.82, 2.24) is 10.2 Å². The van der Waals surface area contributed by atoms with Crippen LogP contribution in [0.2, 0.25) is 0 Å². The van der Waals surface area contributed by atoms with Gasteiger partial charge in [0.25, 0.3) is 0 Å². The van der Waals surface area contributed by atoms with Crippen LogP contribution in [-0.2, 0) is 11.3 Å². The Kier molecular flexibility index (Phi) is 5.58. The van der Waals surface area contributed by atoms with Gasteiger partial charge in [-0.15, -0.1) is 0 Å². The second-order valence-corrected chi connectivity index (χ2v) is 6.18. The van der Waals surface area contributed by atoms with E-state index in [4.69, 9.17) is 4.74 Å². The number of hydrogen-bond acceptors (Lipinski definition) is 3. The van der Waals surface area contributed by atoms with Crippen LogP contribution >= 0.6 is 0 Å². The molecule has 1 saturated heterocycles. The minimum atomic E-state index is 0.285. The molecule has 1 fully saturated rings. The van der Waals surface area contributed by atoms with E-state index in [2.05, 4.69) is 55.4 Å². The molecule has 0 aliphatic carbocycles. The Balaban J connectivity index is 1.95. The fourth-order valence-corrected chi connectivity index (χ4v) is 3.07. The van der Waals surface area contributed by atoms with Crippen LogP contribution in [0.25, 0.3) is 0 Å². The Morgan fingerprint density at radius 2 is 2.15 bits per heavy atom. The van der Waals surface area contributed by atoms with E-state index in [0.717, 1.165) is 45.8 Å². The zero-order valence-corrected chi connectivity index (χ0v) is 13.1. The van der Waals surface area contributed by atoms with E-state index in [9.17, 15) is 0 Å². The molecule has 1 aromatic rings. The fraction of sp³-hybridized carbons (Fsp3) is 0.647. The van der Waals surface area contributed by atoms with Gasteiger partial charge in [0.1, 0.15) is 0 Å². The van der Waals surface area contributed by atoms with Crippen molar-refractivity contribution < 1.29 is 4.74 Å². The Labute approximate surface area is 123 Å². The maximum Gasteiger partial charge on any atom is 0.0547 e. The van der Waals surface area contributed by atoms with E-state index in [1.807, 2.05) is 0 Å². The summed E-state index contributed by atoms with van der Waals surface area (Å²) >= 11 is 0. The first kappa shape index (κ1) is 15.5. The Bertz CT molecular complexity index is 413. The zero-order valence-electron chi connectivity index (χ0n) is 13.1. The SMILES string of the molecule is CCNCC1(CN(C)Cc2ccccc2C)CCOC1. The van der Waals surface area contributed by atoms with Crippen LogP contribution < -0.4 is 5.32 Å². The monoisotopic (exact) mass is 276 g/mol. The van der Waals surface area contributed by atoms with Crippen molar-refractivity contribution in [3.63, 3.8) is 0 Å². The van der Waals surface area contributed by atoms with Crippen LogP contribution in [0.4, 0.5) is 0 Å². The van der Waals surface area contributed by atoms with Gasteiger partial charge in [0, 0.05) is 31.7 Å². The van der Waals surface area contributed by atoms with Gasteiger partial charge in [-0.25, -0.2) is 0 Å². The fourth-order valence-electron chi connectivity index (χ4n) is 3.07. The lowest BCUT2D eigenvalue weighted by Crippen LogP contribution is -2.43. The predicted octanol–water partition coefficient (Wildman–Crippen LogP) is 2.44. The molecule has 1 aliphatic heterocycles. The summed E-state index contributed by atoms with van der Waals surface area (Å²) < 4.78 is 5.67. The number of nitrogens with one attached hydrogen (secondary N) is 1. The molecule has 0 amide bonds. The van der Waals surface area contributed by atoms with Crippen LogP contribution in [0, 0.1) is 12.3 Å². The highest BCUT2D eigenvalue weighted by Gasteiger charge is 2.35. The predicted molar refractivity (Wildman–Crippen MR) is 83.9 cm³/mol. The van der Waals surface area contributed by atoms with E-state index in [0.29, 0.717) is 0 Å². The van der Waals surface area contributed by atoms with E-state index >= 15 is 0 Å². The summed E-state index contributed by atoms with van der Waals surface area (Å²) in [5, 5.41) is 3.50. The molecule has 3 heteroatoms. The molecule has 0 saturated carbocycles. The lowest BCUT2D eigenvalue weighted by atomic mass is 9.86. The minimum Gasteiger partial charge on any atom is -0.381 e. The Morgan fingerprint density at radius 3 is 2.80 bits per heavy atom. The number of rotatable bonds is 7. The number of ether oxygens (including phenoxy) is 1. The maximum absolute atomic E-state index is 5.67. The Hall–Kier alpha value is -0.900. The van der Waals surface area contributed by atoms with Gasteiger partial charge in [-0.3, -0.25) is 0 Å². The molecule has 20 heavy (non-hydrogen) atoms. The van der Waals surface area contributed by atoms with E-state index in [1.165, 1.54) is 11.1 Å². The second kappa shape index (κ2) is 7.21. The van der Waals surface area contributed by atoms with Crippen molar-refractivity contribution in [2.75, 3.05) is 39.9 Å². The molecule has 1 N–H and O–H groups in total. The average Bonchev–Trinajstić information content (AvgIpc) is 2.88. The van der Waals surface area contributed by atoms with Gasteiger partial charge in [-0.05, 0) is 38.1 Å². The van der Waals surface area contributed by atoms with Gasteiger partial charge in [0.15, 0.2) is 0 Å². The number of hydrogen-bond donors (Lipinski definition) is 1. The summed E-state index contributed by atoms with van der Waals surface area (Å²) in [6.07, 6.45) is 1.16. The molecule has 1 unspecified atom stereocenters. The van der Waals surface area contributed by atoms with Gasteiger partial charge < -0.3 is 15.0 Å². The molecular weight excluding hydrogens is 248 g/mol. The van der Waals surface area contributed by atoms with Crippen LogP contribution in [0.15, 0.2) is 24.3 Å². The lowest BCUT2D eigenvalue weighted by molar-refractivity contribution is 0.117. The quantitative estimate of drug-likeness (QED) is 0.828. The number of aryl methyl sites for hydroxylation is 1. The van der Waals surface area contributed by atoms with Crippen LogP contribution in [0.1, 0.15) is 24.5 Å². The molecular formula is C17H28N2O.